The molecule has 0 radical (unpaired) electrons. The molecule has 2 heterocycles. The second-order valence-electron chi connectivity index (χ2n) is 13.2. The molecule has 3 nitrogen and oxygen atoms in total. The number of allylic oxidation sites excluding steroid dienone is 1. The fourth-order valence-corrected chi connectivity index (χ4v) is 7.44. The first-order valence-corrected chi connectivity index (χ1v) is 17.4. The van der Waals surface area contributed by atoms with E-state index in [9.17, 15) is 0 Å². The highest BCUT2D eigenvalue weighted by molar-refractivity contribution is 6.15. The van der Waals surface area contributed by atoms with Crippen LogP contribution < -0.4 is 5.32 Å². The molecule has 1 unspecified atom stereocenters. The summed E-state index contributed by atoms with van der Waals surface area (Å²) in [6.45, 7) is 2.26. The van der Waals surface area contributed by atoms with Crippen LogP contribution in [0.3, 0.4) is 0 Å². The van der Waals surface area contributed by atoms with Crippen molar-refractivity contribution in [3.8, 4) is 22.3 Å². The highest BCUT2D eigenvalue weighted by Gasteiger charge is 2.22. The van der Waals surface area contributed by atoms with Crippen LogP contribution in [0.15, 0.2) is 179 Å². The third-order valence-electron chi connectivity index (χ3n) is 10.0. The van der Waals surface area contributed by atoms with Crippen LogP contribution in [0.1, 0.15) is 42.6 Å². The van der Waals surface area contributed by atoms with Gasteiger partial charge in [0, 0.05) is 27.7 Å². The topological polar surface area (TPSA) is 37.5 Å². The molecule has 50 heavy (non-hydrogen) atoms. The van der Waals surface area contributed by atoms with Gasteiger partial charge in [-0.25, -0.2) is 0 Å². The first-order valence-electron chi connectivity index (χ1n) is 17.4. The van der Waals surface area contributed by atoms with Crippen molar-refractivity contribution < 1.29 is 4.42 Å². The van der Waals surface area contributed by atoms with E-state index in [-0.39, 0.29) is 6.17 Å². The minimum atomic E-state index is -0.254. The summed E-state index contributed by atoms with van der Waals surface area (Å²) in [7, 11) is 0. The Morgan fingerprint density at radius 1 is 0.540 bits per heavy atom. The highest BCUT2D eigenvalue weighted by atomic mass is 16.3. The third-order valence-corrected chi connectivity index (χ3v) is 10.0. The van der Waals surface area contributed by atoms with Crippen LogP contribution in [-0.4, -0.2) is 5.71 Å². The van der Waals surface area contributed by atoms with E-state index in [0.717, 1.165) is 62.9 Å². The number of fused-ring (bicyclic) bond motifs is 4. The largest absolute Gasteiger partial charge is 0.456 e. The number of benzene rings is 7. The summed E-state index contributed by atoms with van der Waals surface area (Å²) in [6, 6.07) is 58.2. The van der Waals surface area contributed by atoms with Crippen LogP contribution in [0.2, 0.25) is 0 Å². The molecule has 0 saturated heterocycles. The average molecular weight is 645 g/mol. The van der Waals surface area contributed by atoms with E-state index in [1.807, 2.05) is 12.1 Å². The van der Waals surface area contributed by atoms with Crippen molar-refractivity contribution in [3.05, 3.63) is 186 Å². The Morgan fingerprint density at radius 2 is 1.20 bits per heavy atom. The lowest BCUT2D eigenvalue weighted by Crippen LogP contribution is -2.23. The van der Waals surface area contributed by atoms with Gasteiger partial charge in [0.25, 0.3) is 0 Å². The predicted octanol–water partition coefficient (Wildman–Crippen LogP) is 12.4. The van der Waals surface area contributed by atoms with Crippen LogP contribution >= 0.6 is 0 Å². The van der Waals surface area contributed by atoms with Gasteiger partial charge >= 0.3 is 0 Å². The highest BCUT2D eigenvalue weighted by Crippen LogP contribution is 2.39. The molecule has 0 bridgehead atoms. The summed E-state index contributed by atoms with van der Waals surface area (Å²) >= 11 is 0. The van der Waals surface area contributed by atoms with E-state index < -0.39 is 0 Å². The summed E-state index contributed by atoms with van der Waals surface area (Å²) in [5.74, 6) is 0. The number of hydrogen-bond acceptors (Lipinski definition) is 3. The number of aliphatic imine (C=N–C) groups is 1. The summed E-state index contributed by atoms with van der Waals surface area (Å²) in [4.78, 5) is 5.54. The summed E-state index contributed by atoms with van der Waals surface area (Å²) in [5, 5.41) is 8.70. The summed E-state index contributed by atoms with van der Waals surface area (Å²) in [5.41, 5.74) is 13.6. The van der Waals surface area contributed by atoms with Crippen LogP contribution in [0.5, 0.6) is 0 Å². The van der Waals surface area contributed by atoms with Gasteiger partial charge in [-0.1, -0.05) is 146 Å². The fraction of sp³-hybridized carbons (Fsp3) is 0.0851. The van der Waals surface area contributed by atoms with Gasteiger partial charge in [-0.15, -0.1) is 0 Å². The standard InChI is InChI=1S/C47H36N2O/c1-31-22-29-42(39-17-8-7-16-38(39)40-19-11-21-44-45(40)41-18-9-10-20-43(41)50-44)48-47(35-13-3-2-4-14-35)49-46(31)34-26-23-33(24-27-34)37-28-25-32-12-5-6-15-36(32)30-37/h2-21,23-28,30,47,49H,22,29H2,1H3/b46-31-,48-42?. The van der Waals surface area contributed by atoms with Gasteiger partial charge in [-0.2, -0.15) is 0 Å². The minimum absolute atomic E-state index is 0.254. The maximum atomic E-state index is 6.28. The van der Waals surface area contributed by atoms with Crippen LogP contribution in [-0.2, 0) is 0 Å². The molecule has 8 aromatic rings. The maximum Gasteiger partial charge on any atom is 0.145 e. The predicted molar refractivity (Wildman–Crippen MR) is 209 cm³/mol. The fourth-order valence-electron chi connectivity index (χ4n) is 7.44. The lowest BCUT2D eigenvalue weighted by atomic mass is 9.90. The van der Waals surface area contributed by atoms with E-state index in [1.165, 1.54) is 38.6 Å². The van der Waals surface area contributed by atoms with E-state index in [0.29, 0.717) is 0 Å². The molecule has 1 N–H and O–H groups in total. The smallest absolute Gasteiger partial charge is 0.145 e. The molecule has 3 heteroatoms. The summed E-state index contributed by atoms with van der Waals surface area (Å²) < 4.78 is 6.28. The number of furan rings is 1. The van der Waals surface area contributed by atoms with Crippen LogP contribution in [0.25, 0.3) is 60.7 Å². The monoisotopic (exact) mass is 644 g/mol. The lowest BCUT2D eigenvalue weighted by molar-refractivity contribution is 0.656. The Kier molecular flexibility index (Phi) is 7.59. The van der Waals surface area contributed by atoms with Gasteiger partial charge < -0.3 is 9.73 Å². The molecule has 1 aliphatic heterocycles. The molecular formula is C47H36N2O. The molecule has 0 amide bonds. The zero-order chi connectivity index (χ0) is 33.4. The number of hydrogen-bond donors (Lipinski definition) is 1. The van der Waals surface area contributed by atoms with Crippen molar-refractivity contribution in [2.75, 3.05) is 0 Å². The van der Waals surface area contributed by atoms with Gasteiger partial charge in [-0.05, 0) is 87.7 Å². The molecule has 1 atom stereocenters. The maximum absolute atomic E-state index is 6.28. The summed E-state index contributed by atoms with van der Waals surface area (Å²) in [6.07, 6.45) is 1.46. The molecule has 0 aliphatic carbocycles. The number of para-hydroxylation sites is 1. The van der Waals surface area contributed by atoms with E-state index in [1.54, 1.807) is 0 Å². The Morgan fingerprint density at radius 3 is 2.06 bits per heavy atom. The molecule has 240 valence electrons. The molecular weight excluding hydrogens is 609 g/mol. The van der Waals surface area contributed by atoms with E-state index in [2.05, 4.69) is 164 Å². The van der Waals surface area contributed by atoms with Gasteiger partial charge in [0.15, 0.2) is 0 Å². The molecule has 9 rings (SSSR count). The van der Waals surface area contributed by atoms with Crippen molar-refractivity contribution >= 4 is 44.1 Å². The Balaban J connectivity index is 1.11. The van der Waals surface area contributed by atoms with Crippen molar-refractivity contribution in [2.24, 2.45) is 4.99 Å². The second kappa shape index (κ2) is 12.7. The van der Waals surface area contributed by atoms with Crippen molar-refractivity contribution in [1.82, 2.24) is 5.32 Å². The normalized spacial score (nSPS) is 16.6. The average Bonchev–Trinajstić information content (AvgIpc) is 3.56. The molecule has 1 aromatic heterocycles. The van der Waals surface area contributed by atoms with E-state index >= 15 is 0 Å². The Bertz CT molecular complexity index is 2570. The van der Waals surface area contributed by atoms with Gasteiger partial charge in [-0.3, -0.25) is 4.99 Å². The van der Waals surface area contributed by atoms with Crippen LogP contribution in [0.4, 0.5) is 0 Å². The van der Waals surface area contributed by atoms with Gasteiger partial charge in [0.2, 0.25) is 0 Å². The molecule has 0 fully saturated rings. The van der Waals surface area contributed by atoms with Crippen LogP contribution in [0, 0.1) is 0 Å². The van der Waals surface area contributed by atoms with E-state index in [4.69, 9.17) is 9.41 Å². The first kappa shape index (κ1) is 29.9. The molecule has 0 spiro atoms. The molecule has 1 aliphatic rings. The zero-order valence-corrected chi connectivity index (χ0v) is 27.9. The quantitative estimate of drug-likeness (QED) is 0.202. The number of rotatable bonds is 5. The van der Waals surface area contributed by atoms with Gasteiger partial charge in [0.1, 0.15) is 17.3 Å². The minimum Gasteiger partial charge on any atom is -0.456 e. The van der Waals surface area contributed by atoms with Gasteiger partial charge in [0.05, 0.1) is 0 Å². The van der Waals surface area contributed by atoms with Crippen molar-refractivity contribution in [3.63, 3.8) is 0 Å². The Labute approximate surface area is 292 Å². The zero-order valence-electron chi connectivity index (χ0n) is 27.9. The van der Waals surface area contributed by atoms with Crippen molar-refractivity contribution in [2.45, 2.75) is 25.9 Å². The van der Waals surface area contributed by atoms with Crippen molar-refractivity contribution in [1.29, 1.82) is 0 Å². The Hall–Kier alpha value is -6.19. The number of nitrogens with zero attached hydrogens (tertiary/aromatic N) is 1. The molecule has 0 saturated carbocycles. The lowest BCUT2D eigenvalue weighted by Gasteiger charge is -2.26. The SMILES string of the molecule is C/C1=C(\c2ccc(-c3ccc4ccccc4c3)cc2)NC(c2ccccc2)N=C(c2ccccc2-c2cccc3oc4ccccc4c23)CC1. The molecule has 7 aromatic carbocycles. The number of nitrogens with one attached hydrogen (secondary N) is 1. The second-order valence-corrected chi connectivity index (χ2v) is 13.2. The first-order chi connectivity index (χ1) is 24.7. The third kappa shape index (κ3) is 5.47.